The highest BCUT2D eigenvalue weighted by atomic mass is 19.1. The highest BCUT2D eigenvalue weighted by Gasteiger charge is 2.17. The molecule has 0 fully saturated rings. The average Bonchev–Trinajstić information content (AvgIpc) is 3.06. The second-order valence-electron chi connectivity index (χ2n) is 6.74. The number of fused-ring (bicyclic) bond motifs is 1. The van der Waals surface area contributed by atoms with Gasteiger partial charge in [0, 0.05) is 46.9 Å². The Hall–Kier alpha value is -3.34. The summed E-state index contributed by atoms with van der Waals surface area (Å²) in [6, 6.07) is 8.43. The Balaban J connectivity index is 2.04. The van der Waals surface area contributed by atoms with E-state index < -0.39 is 0 Å². The van der Waals surface area contributed by atoms with E-state index in [0.717, 1.165) is 39.6 Å². The van der Waals surface area contributed by atoms with Crippen LogP contribution in [0, 0.1) is 5.82 Å². The molecular formula is C22H18FN3O. The van der Waals surface area contributed by atoms with Gasteiger partial charge in [0.15, 0.2) is 6.29 Å². The number of rotatable bonds is 4. The number of hydrogen-bond donors (Lipinski definition) is 0. The molecule has 0 unspecified atom stereocenters. The molecule has 0 bridgehead atoms. The minimum absolute atomic E-state index is 0.257. The van der Waals surface area contributed by atoms with Crippen molar-refractivity contribution in [3.8, 4) is 16.8 Å². The Morgan fingerprint density at radius 1 is 1.04 bits per heavy atom. The molecule has 4 nitrogen and oxygen atoms in total. The van der Waals surface area contributed by atoms with Crippen LogP contribution in [0.4, 0.5) is 4.39 Å². The van der Waals surface area contributed by atoms with E-state index >= 15 is 0 Å². The van der Waals surface area contributed by atoms with E-state index in [9.17, 15) is 9.18 Å². The minimum Gasteiger partial charge on any atom is -0.314 e. The number of carbonyl (C=O) groups excluding carboxylic acids is 1. The number of nitrogens with zero attached hydrogens (tertiary/aromatic N) is 3. The maximum absolute atomic E-state index is 14.2. The van der Waals surface area contributed by atoms with Gasteiger partial charge in [-0.15, -0.1) is 0 Å². The summed E-state index contributed by atoms with van der Waals surface area (Å²) in [5, 5.41) is 0.811. The van der Waals surface area contributed by atoms with Gasteiger partial charge in [0.1, 0.15) is 5.82 Å². The van der Waals surface area contributed by atoms with E-state index in [0.29, 0.717) is 5.56 Å². The number of aldehydes is 1. The third kappa shape index (κ3) is 2.91. The molecule has 3 aromatic heterocycles. The highest BCUT2D eigenvalue weighted by Crippen LogP contribution is 2.35. The summed E-state index contributed by atoms with van der Waals surface area (Å²) in [5.74, 6) is -0.0646. The summed E-state index contributed by atoms with van der Waals surface area (Å²) in [4.78, 5) is 20.0. The molecule has 0 atom stereocenters. The van der Waals surface area contributed by atoms with Crippen LogP contribution in [-0.4, -0.2) is 20.8 Å². The fraction of sp³-hybridized carbons (Fsp3) is 0.136. The lowest BCUT2D eigenvalue weighted by atomic mass is 9.93. The third-order valence-electron chi connectivity index (χ3n) is 4.75. The first-order valence-electron chi connectivity index (χ1n) is 8.74. The lowest BCUT2D eigenvalue weighted by molar-refractivity contribution is 0.112. The summed E-state index contributed by atoms with van der Waals surface area (Å²) in [5.41, 5.74) is 4.82. The normalized spacial score (nSPS) is 11.3. The zero-order valence-corrected chi connectivity index (χ0v) is 15.1. The molecule has 0 N–H and O–H groups in total. The van der Waals surface area contributed by atoms with Crippen LogP contribution < -0.4 is 0 Å². The van der Waals surface area contributed by atoms with Gasteiger partial charge < -0.3 is 4.57 Å². The van der Waals surface area contributed by atoms with Crippen LogP contribution >= 0.6 is 0 Å². The van der Waals surface area contributed by atoms with Crippen LogP contribution in [-0.2, 0) is 0 Å². The smallest absolute Gasteiger partial charge is 0.152 e. The lowest BCUT2D eigenvalue weighted by Crippen LogP contribution is -2.00. The maximum atomic E-state index is 14.2. The molecule has 0 saturated carbocycles. The van der Waals surface area contributed by atoms with Gasteiger partial charge in [-0.1, -0.05) is 13.8 Å². The molecule has 5 heteroatoms. The van der Waals surface area contributed by atoms with Crippen LogP contribution in [0.3, 0.4) is 0 Å². The molecule has 1 aromatic carbocycles. The molecule has 0 radical (unpaired) electrons. The number of halogens is 1. The Kier molecular flexibility index (Phi) is 4.28. The van der Waals surface area contributed by atoms with Crippen LogP contribution in [0.5, 0.6) is 0 Å². The summed E-state index contributed by atoms with van der Waals surface area (Å²) in [6.07, 6.45) is 9.47. The number of carbonyl (C=O) groups is 1. The van der Waals surface area contributed by atoms with Gasteiger partial charge in [-0.3, -0.25) is 14.8 Å². The first kappa shape index (κ1) is 17.1. The molecule has 4 aromatic rings. The van der Waals surface area contributed by atoms with Gasteiger partial charge in [0.05, 0.1) is 17.4 Å². The molecule has 27 heavy (non-hydrogen) atoms. The van der Waals surface area contributed by atoms with Crippen LogP contribution in [0.15, 0.2) is 61.3 Å². The van der Waals surface area contributed by atoms with E-state index in [4.69, 9.17) is 0 Å². The molecule has 3 heterocycles. The lowest BCUT2D eigenvalue weighted by Gasteiger charge is -2.17. The second kappa shape index (κ2) is 6.76. The zero-order chi connectivity index (χ0) is 19.0. The molecule has 4 rings (SSSR count). The quantitative estimate of drug-likeness (QED) is 0.473. The number of aromatic nitrogens is 3. The molecule has 0 aliphatic carbocycles. The van der Waals surface area contributed by atoms with Crippen LogP contribution in [0.2, 0.25) is 0 Å². The maximum Gasteiger partial charge on any atom is 0.152 e. The molecule has 0 saturated heterocycles. The van der Waals surface area contributed by atoms with Crippen molar-refractivity contribution in [3.05, 3.63) is 78.3 Å². The molecule has 0 aliphatic heterocycles. The molecule has 0 amide bonds. The van der Waals surface area contributed by atoms with Crippen molar-refractivity contribution in [2.24, 2.45) is 0 Å². The Morgan fingerprint density at radius 2 is 1.81 bits per heavy atom. The average molecular weight is 359 g/mol. The number of hydrogen-bond acceptors (Lipinski definition) is 3. The van der Waals surface area contributed by atoms with Gasteiger partial charge in [-0.2, -0.15) is 0 Å². The van der Waals surface area contributed by atoms with E-state index in [-0.39, 0.29) is 11.7 Å². The van der Waals surface area contributed by atoms with Crippen LogP contribution in [0.25, 0.3) is 27.7 Å². The van der Waals surface area contributed by atoms with Crippen molar-refractivity contribution in [2.45, 2.75) is 19.8 Å². The van der Waals surface area contributed by atoms with Crippen molar-refractivity contribution in [2.75, 3.05) is 0 Å². The zero-order valence-electron chi connectivity index (χ0n) is 15.1. The van der Waals surface area contributed by atoms with Crippen molar-refractivity contribution in [3.63, 3.8) is 0 Å². The van der Waals surface area contributed by atoms with Crippen molar-refractivity contribution < 1.29 is 9.18 Å². The van der Waals surface area contributed by atoms with Crippen molar-refractivity contribution >= 4 is 17.2 Å². The largest absolute Gasteiger partial charge is 0.314 e. The number of pyridine rings is 2. The summed E-state index contributed by atoms with van der Waals surface area (Å²) < 4.78 is 16.1. The number of benzene rings is 1. The van der Waals surface area contributed by atoms with E-state index in [1.807, 2.05) is 16.7 Å². The fourth-order valence-electron chi connectivity index (χ4n) is 3.46. The monoisotopic (exact) mass is 359 g/mol. The fourth-order valence-corrected chi connectivity index (χ4v) is 3.46. The standard InChI is InChI=1S/C22H18FN3O/c1-14(2)17-5-7-24-10-20(17)19-9-16(23)3-4-21(19)26-12-15(13-27)18-6-8-25-11-22(18)26/h3-14H,1-2H3. The SMILES string of the molecule is CC(C)c1ccncc1-c1cc(F)ccc1-n1cc(C=O)c2ccncc21. The molecule has 0 spiro atoms. The Labute approximate surface area is 156 Å². The first-order valence-corrected chi connectivity index (χ1v) is 8.74. The van der Waals surface area contributed by atoms with E-state index in [1.54, 1.807) is 37.1 Å². The molecule has 0 aliphatic rings. The van der Waals surface area contributed by atoms with Crippen molar-refractivity contribution in [1.29, 1.82) is 0 Å². The van der Waals surface area contributed by atoms with E-state index in [1.165, 1.54) is 12.1 Å². The summed E-state index contributed by atoms with van der Waals surface area (Å²) >= 11 is 0. The predicted octanol–water partition coefficient (Wildman–Crippen LogP) is 5.16. The first-order chi connectivity index (χ1) is 13.1. The second-order valence-corrected chi connectivity index (χ2v) is 6.74. The Morgan fingerprint density at radius 3 is 2.59 bits per heavy atom. The van der Waals surface area contributed by atoms with Crippen LogP contribution in [0.1, 0.15) is 35.7 Å². The third-order valence-corrected chi connectivity index (χ3v) is 4.75. The Bertz CT molecular complexity index is 1150. The summed E-state index contributed by atoms with van der Waals surface area (Å²) in [6.45, 7) is 4.19. The van der Waals surface area contributed by atoms with Gasteiger partial charge >= 0.3 is 0 Å². The highest BCUT2D eigenvalue weighted by molar-refractivity contribution is 5.98. The van der Waals surface area contributed by atoms with Gasteiger partial charge in [-0.05, 0) is 41.8 Å². The topological polar surface area (TPSA) is 47.8 Å². The van der Waals surface area contributed by atoms with Gasteiger partial charge in [0.2, 0.25) is 0 Å². The summed E-state index contributed by atoms with van der Waals surface area (Å²) in [7, 11) is 0. The predicted molar refractivity (Wildman–Crippen MR) is 104 cm³/mol. The van der Waals surface area contributed by atoms with Gasteiger partial charge in [-0.25, -0.2) is 4.39 Å². The molecule has 134 valence electrons. The van der Waals surface area contributed by atoms with Crippen molar-refractivity contribution in [1.82, 2.24) is 14.5 Å². The van der Waals surface area contributed by atoms with Gasteiger partial charge in [0.25, 0.3) is 0 Å². The molecular weight excluding hydrogens is 341 g/mol. The minimum atomic E-state index is -0.322. The van der Waals surface area contributed by atoms with E-state index in [2.05, 4.69) is 23.8 Å².